The van der Waals surface area contributed by atoms with Crippen LogP contribution in [0.5, 0.6) is 17.2 Å². The number of thiophene rings is 1. The van der Waals surface area contributed by atoms with Crippen LogP contribution in [0.1, 0.15) is 15.2 Å². The molecule has 0 saturated carbocycles. The SMILES string of the molecule is COc1cc2sc(C(=O)O)c(OCc3cccc(N(C)C)c3)c2cc1OC. The van der Waals surface area contributed by atoms with E-state index in [0.29, 0.717) is 22.6 Å². The number of carboxylic acids is 1. The number of hydrogen-bond donors (Lipinski definition) is 1. The van der Waals surface area contributed by atoms with Gasteiger partial charge in [0.15, 0.2) is 22.1 Å². The number of anilines is 1. The first-order chi connectivity index (χ1) is 12.9. The molecule has 0 bridgehead atoms. The summed E-state index contributed by atoms with van der Waals surface area (Å²) < 4.78 is 17.4. The average Bonchev–Trinajstić information content (AvgIpc) is 3.03. The van der Waals surface area contributed by atoms with Crippen molar-refractivity contribution >= 4 is 33.1 Å². The minimum atomic E-state index is -1.02. The van der Waals surface area contributed by atoms with Crippen LogP contribution in [0.2, 0.25) is 0 Å². The van der Waals surface area contributed by atoms with Crippen molar-refractivity contribution in [2.75, 3.05) is 33.2 Å². The molecule has 0 amide bonds. The number of ether oxygens (including phenoxy) is 3. The second-order valence-electron chi connectivity index (χ2n) is 6.12. The molecule has 0 unspecified atom stereocenters. The van der Waals surface area contributed by atoms with Gasteiger partial charge in [-0.2, -0.15) is 0 Å². The Labute approximate surface area is 161 Å². The van der Waals surface area contributed by atoms with E-state index in [-0.39, 0.29) is 11.5 Å². The number of carboxylic acid groups (broad SMARTS) is 1. The van der Waals surface area contributed by atoms with Crippen LogP contribution in [0, 0.1) is 0 Å². The van der Waals surface area contributed by atoms with Gasteiger partial charge in [0.2, 0.25) is 0 Å². The molecular formula is C20H21NO5S. The molecule has 1 heterocycles. The van der Waals surface area contributed by atoms with Gasteiger partial charge >= 0.3 is 5.97 Å². The smallest absolute Gasteiger partial charge is 0.349 e. The van der Waals surface area contributed by atoms with Crippen LogP contribution in [-0.2, 0) is 6.61 Å². The molecule has 0 aliphatic rings. The summed E-state index contributed by atoms with van der Waals surface area (Å²) in [6.07, 6.45) is 0. The fourth-order valence-corrected chi connectivity index (χ4v) is 3.76. The lowest BCUT2D eigenvalue weighted by molar-refractivity contribution is 0.0698. The van der Waals surface area contributed by atoms with E-state index < -0.39 is 5.97 Å². The summed E-state index contributed by atoms with van der Waals surface area (Å²) >= 11 is 1.16. The van der Waals surface area contributed by atoms with E-state index in [4.69, 9.17) is 14.2 Å². The lowest BCUT2D eigenvalue weighted by Gasteiger charge is -2.14. The second kappa shape index (κ2) is 7.75. The highest BCUT2D eigenvalue weighted by Crippen LogP contribution is 2.43. The Morgan fingerprint density at radius 3 is 2.44 bits per heavy atom. The van der Waals surface area contributed by atoms with E-state index in [1.165, 1.54) is 0 Å². The molecule has 3 rings (SSSR count). The molecule has 27 heavy (non-hydrogen) atoms. The maximum atomic E-state index is 11.7. The Balaban J connectivity index is 2.00. The van der Waals surface area contributed by atoms with Gasteiger partial charge < -0.3 is 24.2 Å². The fraction of sp³-hybridized carbons (Fsp3) is 0.250. The number of hydrogen-bond acceptors (Lipinski definition) is 6. The molecule has 0 aliphatic carbocycles. The van der Waals surface area contributed by atoms with E-state index in [1.807, 2.05) is 43.3 Å². The summed E-state index contributed by atoms with van der Waals surface area (Å²) in [6, 6.07) is 11.4. The number of rotatable bonds is 7. The Kier molecular flexibility index (Phi) is 5.41. The highest BCUT2D eigenvalue weighted by atomic mass is 32.1. The minimum absolute atomic E-state index is 0.157. The largest absolute Gasteiger partial charge is 0.493 e. The van der Waals surface area contributed by atoms with Crippen molar-refractivity contribution in [1.29, 1.82) is 0 Å². The molecule has 3 aromatic rings. The number of methoxy groups -OCH3 is 2. The summed E-state index contributed by atoms with van der Waals surface area (Å²) in [6.45, 7) is 0.266. The number of carbonyl (C=O) groups is 1. The Hall–Kier alpha value is -2.93. The molecule has 7 heteroatoms. The van der Waals surface area contributed by atoms with Crippen LogP contribution in [-0.4, -0.2) is 39.4 Å². The first-order valence-electron chi connectivity index (χ1n) is 8.25. The number of benzene rings is 2. The van der Waals surface area contributed by atoms with Gasteiger partial charge in [-0.1, -0.05) is 12.1 Å². The normalized spacial score (nSPS) is 10.7. The third-order valence-electron chi connectivity index (χ3n) is 4.15. The molecule has 0 fully saturated rings. The third-order valence-corrected chi connectivity index (χ3v) is 5.27. The predicted molar refractivity (Wildman–Crippen MR) is 107 cm³/mol. The molecule has 1 N–H and O–H groups in total. The van der Waals surface area contributed by atoms with Crippen molar-refractivity contribution in [1.82, 2.24) is 0 Å². The topological polar surface area (TPSA) is 68.2 Å². The minimum Gasteiger partial charge on any atom is -0.493 e. The van der Waals surface area contributed by atoms with Crippen LogP contribution >= 0.6 is 11.3 Å². The van der Waals surface area contributed by atoms with Crippen LogP contribution in [0.4, 0.5) is 5.69 Å². The zero-order valence-electron chi connectivity index (χ0n) is 15.6. The van der Waals surface area contributed by atoms with Crippen LogP contribution in [0.15, 0.2) is 36.4 Å². The first-order valence-corrected chi connectivity index (χ1v) is 9.07. The molecule has 142 valence electrons. The van der Waals surface area contributed by atoms with Crippen molar-refractivity contribution in [3.8, 4) is 17.2 Å². The van der Waals surface area contributed by atoms with Gasteiger partial charge in [-0.05, 0) is 23.8 Å². The van der Waals surface area contributed by atoms with E-state index in [2.05, 4.69) is 0 Å². The Morgan fingerprint density at radius 2 is 1.81 bits per heavy atom. The number of aromatic carboxylic acids is 1. The second-order valence-corrected chi connectivity index (χ2v) is 7.17. The van der Waals surface area contributed by atoms with E-state index in [0.717, 1.165) is 27.3 Å². The molecule has 0 atom stereocenters. The van der Waals surface area contributed by atoms with Crippen LogP contribution < -0.4 is 19.1 Å². The molecular weight excluding hydrogens is 366 g/mol. The van der Waals surface area contributed by atoms with Gasteiger partial charge in [0.1, 0.15) is 6.61 Å². The zero-order valence-corrected chi connectivity index (χ0v) is 16.4. The van der Waals surface area contributed by atoms with Crippen molar-refractivity contribution in [3.05, 3.63) is 46.8 Å². The zero-order chi connectivity index (χ0) is 19.6. The van der Waals surface area contributed by atoms with Gasteiger partial charge in [0.25, 0.3) is 0 Å². The lowest BCUT2D eigenvalue weighted by Crippen LogP contribution is -2.09. The molecule has 1 aromatic heterocycles. The maximum Gasteiger partial charge on any atom is 0.349 e. The maximum absolute atomic E-state index is 11.7. The Bertz CT molecular complexity index is 980. The van der Waals surface area contributed by atoms with E-state index in [1.54, 1.807) is 26.4 Å². The third kappa shape index (κ3) is 3.78. The average molecular weight is 387 g/mol. The van der Waals surface area contributed by atoms with Crippen molar-refractivity contribution < 1.29 is 24.1 Å². The number of nitrogens with zero attached hydrogens (tertiary/aromatic N) is 1. The van der Waals surface area contributed by atoms with Crippen molar-refractivity contribution in [3.63, 3.8) is 0 Å². The highest BCUT2D eigenvalue weighted by Gasteiger charge is 2.22. The lowest BCUT2D eigenvalue weighted by atomic mass is 10.2. The summed E-state index contributed by atoms with van der Waals surface area (Å²) in [7, 11) is 7.02. The summed E-state index contributed by atoms with van der Waals surface area (Å²) in [5, 5.41) is 10.3. The van der Waals surface area contributed by atoms with Crippen LogP contribution in [0.25, 0.3) is 10.1 Å². The van der Waals surface area contributed by atoms with Crippen LogP contribution in [0.3, 0.4) is 0 Å². The van der Waals surface area contributed by atoms with Gasteiger partial charge in [-0.25, -0.2) is 4.79 Å². The van der Waals surface area contributed by atoms with E-state index in [9.17, 15) is 9.90 Å². The van der Waals surface area contributed by atoms with Gasteiger partial charge in [-0.15, -0.1) is 11.3 Å². The molecule has 0 spiro atoms. The quantitative estimate of drug-likeness (QED) is 0.653. The highest BCUT2D eigenvalue weighted by molar-refractivity contribution is 7.21. The summed E-state index contributed by atoms with van der Waals surface area (Å²) in [5.74, 6) is 0.400. The monoisotopic (exact) mass is 387 g/mol. The van der Waals surface area contributed by atoms with E-state index >= 15 is 0 Å². The fourth-order valence-electron chi connectivity index (χ4n) is 2.76. The standard InChI is InChI=1S/C20H21NO5S/c1-21(2)13-7-5-6-12(8-13)11-26-18-14-9-15(24-3)16(25-4)10-17(14)27-19(18)20(22)23/h5-10H,11H2,1-4H3,(H,22,23). The van der Waals surface area contributed by atoms with Gasteiger partial charge in [-0.3, -0.25) is 0 Å². The van der Waals surface area contributed by atoms with Crippen molar-refractivity contribution in [2.24, 2.45) is 0 Å². The molecule has 2 aromatic carbocycles. The summed E-state index contributed by atoms with van der Waals surface area (Å²) in [5.41, 5.74) is 2.01. The summed E-state index contributed by atoms with van der Waals surface area (Å²) in [4.78, 5) is 13.9. The van der Waals surface area contributed by atoms with Gasteiger partial charge in [0.05, 0.1) is 14.2 Å². The Morgan fingerprint density at radius 1 is 1.11 bits per heavy atom. The van der Waals surface area contributed by atoms with Crippen molar-refractivity contribution in [2.45, 2.75) is 6.61 Å². The molecule has 0 saturated heterocycles. The molecule has 6 nitrogen and oxygen atoms in total. The predicted octanol–water partition coefficient (Wildman–Crippen LogP) is 4.26. The molecule has 0 radical (unpaired) electrons. The number of fused-ring (bicyclic) bond motifs is 1. The van der Waals surface area contributed by atoms with Gasteiger partial charge in [0, 0.05) is 35.9 Å². The first kappa shape index (κ1) is 18.8. The molecule has 0 aliphatic heterocycles.